The minimum Gasteiger partial charge on any atom is -0.872 e. The van der Waals surface area contributed by atoms with Gasteiger partial charge in [0.15, 0.2) is 0 Å². The van der Waals surface area contributed by atoms with Gasteiger partial charge in [-0.3, -0.25) is 14.6 Å². The smallest absolute Gasteiger partial charge is 0.295 e. The molecule has 4 aromatic rings. The molecule has 0 saturated carbocycles. The number of nitrogens with zero attached hydrogens (tertiary/aromatic N) is 2. The largest absolute Gasteiger partial charge is 0.872 e. The lowest BCUT2D eigenvalue weighted by Gasteiger charge is -2.25. The number of ketones is 1. The lowest BCUT2D eigenvalue weighted by molar-refractivity contribution is -0.695. The highest BCUT2D eigenvalue weighted by molar-refractivity contribution is 6.46. The van der Waals surface area contributed by atoms with E-state index in [0.717, 1.165) is 11.1 Å². The Morgan fingerprint density at radius 3 is 2.62 bits per heavy atom. The molecule has 1 atom stereocenters. The van der Waals surface area contributed by atoms with Gasteiger partial charge >= 0.3 is 0 Å². The Bertz CT molecular complexity index is 1410. The standard InChI is InChI=1S/C29H27N3O5/c1-20-6-2-3-7-22(20)18-37-23-11-9-21(10-12-23)27(33)25-26(24-8-4-17-36-24)32(29(35)28(25)34)15-5-14-31-16-13-30-19-31/h2-4,6-13,16-17,19,26H,5,14-15,18H2,1H3,(H,33,34). The number of furan rings is 1. The average Bonchev–Trinajstić information content (AvgIpc) is 3.67. The van der Waals surface area contributed by atoms with Crippen LogP contribution >= 0.6 is 0 Å². The van der Waals surface area contributed by atoms with Crippen LogP contribution in [0.3, 0.4) is 0 Å². The molecule has 8 nitrogen and oxygen atoms in total. The predicted octanol–water partition coefficient (Wildman–Crippen LogP) is 3.10. The van der Waals surface area contributed by atoms with Gasteiger partial charge in [-0.05, 0) is 47.9 Å². The second-order valence-corrected chi connectivity index (χ2v) is 8.93. The summed E-state index contributed by atoms with van der Waals surface area (Å²) in [5.74, 6) is -0.990. The zero-order valence-corrected chi connectivity index (χ0v) is 20.4. The van der Waals surface area contributed by atoms with Gasteiger partial charge in [0.05, 0.1) is 12.8 Å². The van der Waals surface area contributed by atoms with Crippen LogP contribution in [0.15, 0.2) is 95.6 Å². The van der Waals surface area contributed by atoms with Crippen LogP contribution in [-0.2, 0) is 22.7 Å². The third-order valence-electron chi connectivity index (χ3n) is 6.53. The van der Waals surface area contributed by atoms with Gasteiger partial charge in [-0.2, -0.15) is 0 Å². The number of imidazole rings is 1. The highest BCUT2D eigenvalue weighted by atomic mass is 16.5. The summed E-state index contributed by atoms with van der Waals surface area (Å²) in [6.45, 7) is 3.38. The molecule has 37 heavy (non-hydrogen) atoms. The average molecular weight is 498 g/mol. The molecule has 2 aromatic heterocycles. The molecule has 188 valence electrons. The van der Waals surface area contributed by atoms with Crippen molar-refractivity contribution in [2.45, 2.75) is 32.5 Å². The Labute approximate surface area is 214 Å². The van der Waals surface area contributed by atoms with Gasteiger partial charge in [-0.25, -0.2) is 4.57 Å². The first-order chi connectivity index (χ1) is 18.0. The van der Waals surface area contributed by atoms with Crippen LogP contribution in [0.4, 0.5) is 0 Å². The fourth-order valence-electron chi connectivity index (χ4n) is 4.52. The molecule has 1 N–H and O–H groups in total. The molecule has 1 amide bonds. The number of benzene rings is 2. The number of Topliss-reactive ketones (excluding diaryl/α,β-unsaturated/α-hetero) is 1. The van der Waals surface area contributed by atoms with Crippen molar-refractivity contribution in [1.82, 2.24) is 9.88 Å². The quantitative estimate of drug-likeness (QED) is 0.166. The monoisotopic (exact) mass is 497 g/mol. The molecule has 0 bridgehead atoms. The number of hydrogen-bond donors (Lipinski definition) is 1. The molecule has 5 rings (SSSR count). The Balaban J connectivity index is 1.37. The first-order valence-electron chi connectivity index (χ1n) is 12.1. The molecular formula is C29H27N3O5. The van der Waals surface area contributed by atoms with E-state index in [1.165, 1.54) is 11.2 Å². The van der Waals surface area contributed by atoms with Gasteiger partial charge in [-0.1, -0.05) is 42.2 Å². The van der Waals surface area contributed by atoms with Crippen LogP contribution in [0.5, 0.6) is 5.75 Å². The summed E-state index contributed by atoms with van der Waals surface area (Å²) in [6, 6.07) is 17.1. The van der Waals surface area contributed by atoms with Gasteiger partial charge in [0.1, 0.15) is 36.6 Å². The van der Waals surface area contributed by atoms with E-state index < -0.39 is 23.5 Å². The number of amides is 1. The second kappa shape index (κ2) is 10.6. The molecule has 2 aromatic carbocycles. The van der Waals surface area contributed by atoms with Crippen molar-refractivity contribution in [3.8, 4) is 5.75 Å². The van der Waals surface area contributed by atoms with E-state index in [0.29, 0.717) is 43.2 Å². The van der Waals surface area contributed by atoms with Crippen molar-refractivity contribution in [3.05, 3.63) is 114 Å². The first-order valence-corrected chi connectivity index (χ1v) is 12.1. The van der Waals surface area contributed by atoms with Crippen molar-refractivity contribution in [2.24, 2.45) is 0 Å². The molecule has 0 radical (unpaired) electrons. The maximum absolute atomic E-state index is 13.5. The molecule has 0 aliphatic carbocycles. The number of aromatic amines is 1. The SMILES string of the molecule is Cc1ccccc1COc1ccc(/C([O-])=C2\C(=O)C(=O)N(CCC[n+]3cc[nH]c3)C2c2ccco2)cc1. The number of nitrogens with one attached hydrogen (secondary N) is 1. The lowest BCUT2D eigenvalue weighted by atomic mass is 9.99. The van der Waals surface area contributed by atoms with Gasteiger partial charge < -0.3 is 19.2 Å². The number of H-pyrrole nitrogens is 1. The van der Waals surface area contributed by atoms with Gasteiger partial charge in [0.25, 0.3) is 5.91 Å². The van der Waals surface area contributed by atoms with E-state index in [9.17, 15) is 14.7 Å². The van der Waals surface area contributed by atoms with Gasteiger partial charge in [0.2, 0.25) is 12.1 Å². The predicted molar refractivity (Wildman–Crippen MR) is 133 cm³/mol. The van der Waals surface area contributed by atoms with Crippen LogP contribution in [0.1, 0.15) is 34.9 Å². The van der Waals surface area contributed by atoms with Gasteiger partial charge in [-0.15, -0.1) is 0 Å². The van der Waals surface area contributed by atoms with Crippen LogP contribution in [0, 0.1) is 6.92 Å². The summed E-state index contributed by atoms with van der Waals surface area (Å²) >= 11 is 0. The number of carbonyl (C=O) groups excluding carboxylic acids is 2. The molecule has 1 aliphatic heterocycles. The maximum Gasteiger partial charge on any atom is 0.295 e. The summed E-state index contributed by atoms with van der Waals surface area (Å²) in [4.78, 5) is 30.4. The number of carbonyl (C=O) groups is 2. The first kappa shape index (κ1) is 24.1. The minimum absolute atomic E-state index is 0.0946. The Hall–Kier alpha value is -4.59. The summed E-state index contributed by atoms with van der Waals surface area (Å²) < 4.78 is 13.4. The summed E-state index contributed by atoms with van der Waals surface area (Å²) in [5, 5.41) is 13.5. The van der Waals surface area contributed by atoms with Crippen molar-refractivity contribution in [3.63, 3.8) is 0 Å². The molecule has 1 saturated heterocycles. The summed E-state index contributed by atoms with van der Waals surface area (Å²) in [7, 11) is 0. The summed E-state index contributed by atoms with van der Waals surface area (Å²) in [6.07, 6.45) is 7.58. The van der Waals surface area contributed by atoms with E-state index in [1.54, 1.807) is 42.6 Å². The van der Waals surface area contributed by atoms with Crippen molar-refractivity contribution in [2.75, 3.05) is 6.54 Å². The lowest BCUT2D eigenvalue weighted by Crippen LogP contribution is -2.36. The van der Waals surface area contributed by atoms with Crippen molar-refractivity contribution < 1.29 is 28.4 Å². The van der Waals surface area contributed by atoms with Crippen molar-refractivity contribution >= 4 is 17.4 Å². The fourth-order valence-corrected chi connectivity index (χ4v) is 4.52. The van der Waals surface area contributed by atoms with Gasteiger partial charge in [0, 0.05) is 18.5 Å². The van der Waals surface area contributed by atoms with E-state index in [-0.39, 0.29) is 5.57 Å². The van der Waals surface area contributed by atoms with Crippen LogP contribution in [0.2, 0.25) is 0 Å². The normalized spacial score (nSPS) is 16.9. The number of likely N-dealkylation sites (tertiary alicyclic amines) is 1. The third kappa shape index (κ3) is 5.04. The van der Waals surface area contributed by atoms with Crippen LogP contribution < -0.4 is 14.4 Å². The zero-order chi connectivity index (χ0) is 25.8. The van der Waals surface area contributed by atoms with E-state index in [1.807, 2.05) is 48.3 Å². The van der Waals surface area contributed by atoms with Crippen LogP contribution in [-0.4, -0.2) is 28.1 Å². The fraction of sp³-hybridized carbons (Fsp3) is 0.207. The molecule has 1 fully saturated rings. The van der Waals surface area contributed by atoms with E-state index in [2.05, 4.69) is 4.98 Å². The third-order valence-corrected chi connectivity index (χ3v) is 6.53. The van der Waals surface area contributed by atoms with Crippen molar-refractivity contribution in [1.29, 1.82) is 0 Å². The summed E-state index contributed by atoms with van der Waals surface area (Å²) in [5.41, 5.74) is 2.42. The highest BCUT2D eigenvalue weighted by Gasteiger charge is 2.45. The Morgan fingerprint density at radius 2 is 1.92 bits per heavy atom. The highest BCUT2D eigenvalue weighted by Crippen LogP contribution is 2.39. The topological polar surface area (TPSA) is 102 Å². The molecule has 8 heteroatoms. The number of aryl methyl sites for hydroxylation is 2. The minimum atomic E-state index is -0.865. The second-order valence-electron chi connectivity index (χ2n) is 8.93. The number of rotatable bonds is 9. The number of hydrogen-bond acceptors (Lipinski definition) is 5. The molecule has 0 spiro atoms. The molecule has 3 heterocycles. The van der Waals surface area contributed by atoms with Crippen LogP contribution in [0.25, 0.3) is 5.76 Å². The maximum atomic E-state index is 13.5. The molecular weight excluding hydrogens is 470 g/mol. The number of aromatic nitrogens is 2. The molecule has 1 aliphatic rings. The Kier molecular flexibility index (Phi) is 6.89. The Morgan fingerprint density at radius 1 is 1.11 bits per heavy atom. The number of ether oxygens (including phenoxy) is 1. The molecule has 1 unspecified atom stereocenters. The van der Waals surface area contributed by atoms with E-state index in [4.69, 9.17) is 9.15 Å². The van der Waals surface area contributed by atoms with E-state index >= 15 is 0 Å². The zero-order valence-electron chi connectivity index (χ0n) is 20.4.